The Bertz CT molecular complexity index is 320. The molecule has 0 saturated heterocycles. The van der Waals surface area contributed by atoms with E-state index in [1.807, 2.05) is 38.7 Å². The largest absolute Gasteiger partial charge is 0.393 e. The smallest absolute Gasteiger partial charge is 0.0638 e. The van der Waals surface area contributed by atoms with Crippen LogP contribution in [0.3, 0.4) is 0 Å². The van der Waals surface area contributed by atoms with Gasteiger partial charge in [-0.25, -0.2) is 0 Å². The van der Waals surface area contributed by atoms with E-state index in [4.69, 9.17) is 0 Å². The lowest BCUT2D eigenvalue weighted by Crippen LogP contribution is -2.23. The second-order valence-electron chi connectivity index (χ2n) is 4.69. The van der Waals surface area contributed by atoms with Crippen molar-refractivity contribution in [3.63, 3.8) is 0 Å². The van der Waals surface area contributed by atoms with Gasteiger partial charge in [-0.05, 0) is 25.8 Å². The van der Waals surface area contributed by atoms with Gasteiger partial charge in [0.2, 0.25) is 0 Å². The molecule has 1 aromatic rings. The molecule has 0 radical (unpaired) electrons. The lowest BCUT2D eigenvalue weighted by Gasteiger charge is -2.14. The molecular formula is C12H23N3O. The van der Waals surface area contributed by atoms with Crippen LogP contribution >= 0.6 is 0 Å². The molecule has 0 bridgehead atoms. The van der Waals surface area contributed by atoms with E-state index in [1.54, 1.807) is 0 Å². The molecule has 4 nitrogen and oxygen atoms in total. The summed E-state index contributed by atoms with van der Waals surface area (Å²) in [6.45, 7) is 7.75. The summed E-state index contributed by atoms with van der Waals surface area (Å²) in [4.78, 5) is 0. The molecule has 1 unspecified atom stereocenters. The number of aliphatic hydroxyl groups excluding tert-OH is 1. The minimum atomic E-state index is -0.206. The van der Waals surface area contributed by atoms with Crippen LogP contribution in [0, 0.1) is 12.8 Å². The van der Waals surface area contributed by atoms with Crippen LogP contribution < -0.4 is 5.32 Å². The van der Waals surface area contributed by atoms with Gasteiger partial charge >= 0.3 is 0 Å². The Morgan fingerprint density at radius 2 is 2.19 bits per heavy atom. The molecule has 0 aliphatic heterocycles. The lowest BCUT2D eigenvalue weighted by atomic mass is 10.0. The zero-order valence-electron chi connectivity index (χ0n) is 10.7. The van der Waals surface area contributed by atoms with E-state index < -0.39 is 0 Å². The maximum atomic E-state index is 9.63. The van der Waals surface area contributed by atoms with Crippen molar-refractivity contribution >= 4 is 0 Å². The summed E-state index contributed by atoms with van der Waals surface area (Å²) < 4.78 is 1.83. The number of aryl methyl sites for hydroxylation is 2. The molecule has 1 atom stereocenters. The minimum absolute atomic E-state index is 0.206. The third-order valence-corrected chi connectivity index (χ3v) is 2.82. The Labute approximate surface area is 97.7 Å². The number of aromatic nitrogens is 2. The average Bonchev–Trinajstić information content (AvgIpc) is 2.51. The molecule has 0 amide bonds. The number of rotatable bonds is 6. The second-order valence-corrected chi connectivity index (χ2v) is 4.69. The Balaban J connectivity index is 2.23. The van der Waals surface area contributed by atoms with E-state index in [0.717, 1.165) is 25.2 Å². The molecule has 16 heavy (non-hydrogen) atoms. The highest BCUT2D eigenvalue weighted by molar-refractivity contribution is 5.14. The number of hydrogen-bond acceptors (Lipinski definition) is 3. The van der Waals surface area contributed by atoms with Crippen molar-refractivity contribution < 1.29 is 5.11 Å². The summed E-state index contributed by atoms with van der Waals surface area (Å²) >= 11 is 0. The molecule has 0 aliphatic carbocycles. The molecule has 0 spiro atoms. The van der Waals surface area contributed by atoms with Crippen LogP contribution in [-0.2, 0) is 13.6 Å². The van der Waals surface area contributed by atoms with Gasteiger partial charge < -0.3 is 10.4 Å². The Kier molecular flexibility index (Phi) is 4.96. The average molecular weight is 225 g/mol. The molecule has 1 rings (SSSR count). The van der Waals surface area contributed by atoms with Crippen molar-refractivity contribution in [2.45, 2.75) is 39.8 Å². The van der Waals surface area contributed by atoms with Gasteiger partial charge in [-0.15, -0.1) is 0 Å². The van der Waals surface area contributed by atoms with Crippen molar-refractivity contribution in [1.82, 2.24) is 15.1 Å². The molecule has 0 fully saturated rings. The molecule has 1 heterocycles. The lowest BCUT2D eigenvalue weighted by molar-refractivity contribution is 0.116. The van der Waals surface area contributed by atoms with E-state index >= 15 is 0 Å². The van der Waals surface area contributed by atoms with Gasteiger partial charge in [0.1, 0.15) is 0 Å². The van der Waals surface area contributed by atoms with E-state index in [1.165, 1.54) is 5.56 Å². The van der Waals surface area contributed by atoms with Crippen molar-refractivity contribution in [2.75, 3.05) is 6.54 Å². The fraction of sp³-hybridized carbons (Fsp3) is 0.750. The zero-order chi connectivity index (χ0) is 12.1. The Morgan fingerprint density at radius 3 is 2.69 bits per heavy atom. The normalized spacial score (nSPS) is 13.4. The number of aliphatic hydroxyl groups is 1. The molecule has 92 valence electrons. The molecular weight excluding hydrogens is 202 g/mol. The van der Waals surface area contributed by atoms with E-state index in [9.17, 15) is 5.11 Å². The van der Waals surface area contributed by atoms with Crippen LogP contribution in [-0.4, -0.2) is 27.5 Å². The monoisotopic (exact) mass is 225 g/mol. The zero-order valence-corrected chi connectivity index (χ0v) is 10.7. The van der Waals surface area contributed by atoms with Gasteiger partial charge in [-0.1, -0.05) is 13.8 Å². The Hall–Kier alpha value is -0.870. The first-order chi connectivity index (χ1) is 7.50. The highest BCUT2D eigenvalue weighted by Crippen LogP contribution is 2.06. The fourth-order valence-corrected chi connectivity index (χ4v) is 1.63. The predicted octanol–water partition coefficient (Wildman–Crippen LogP) is 1.23. The predicted molar refractivity (Wildman–Crippen MR) is 65.1 cm³/mol. The van der Waals surface area contributed by atoms with Crippen LogP contribution in [0.4, 0.5) is 0 Å². The maximum absolute atomic E-state index is 9.63. The van der Waals surface area contributed by atoms with E-state index in [2.05, 4.69) is 10.4 Å². The number of hydrogen-bond donors (Lipinski definition) is 2. The first-order valence-corrected chi connectivity index (χ1v) is 5.88. The van der Waals surface area contributed by atoms with Crippen molar-refractivity contribution in [2.24, 2.45) is 13.0 Å². The van der Waals surface area contributed by atoms with Crippen LogP contribution in [0.25, 0.3) is 0 Å². The third kappa shape index (κ3) is 3.94. The first kappa shape index (κ1) is 13.2. The molecule has 4 heteroatoms. The van der Waals surface area contributed by atoms with Crippen molar-refractivity contribution in [3.8, 4) is 0 Å². The molecule has 0 aliphatic rings. The summed E-state index contributed by atoms with van der Waals surface area (Å²) in [5.74, 6) is 0.335. The van der Waals surface area contributed by atoms with Gasteiger partial charge in [0.05, 0.1) is 11.8 Å². The summed E-state index contributed by atoms with van der Waals surface area (Å²) in [6, 6.07) is 0. The highest BCUT2D eigenvalue weighted by atomic mass is 16.3. The van der Waals surface area contributed by atoms with Crippen molar-refractivity contribution in [3.05, 3.63) is 17.5 Å². The van der Waals surface area contributed by atoms with Crippen LogP contribution in [0.2, 0.25) is 0 Å². The summed E-state index contributed by atoms with van der Waals surface area (Å²) in [5, 5.41) is 17.2. The summed E-state index contributed by atoms with van der Waals surface area (Å²) in [7, 11) is 1.93. The molecule has 2 N–H and O–H groups in total. The SMILES string of the molecule is Cc1nn(C)cc1CNCCC(O)C(C)C. The van der Waals surface area contributed by atoms with Gasteiger partial charge in [0, 0.05) is 25.4 Å². The topological polar surface area (TPSA) is 50.1 Å². The maximum Gasteiger partial charge on any atom is 0.0638 e. The third-order valence-electron chi connectivity index (χ3n) is 2.82. The summed E-state index contributed by atoms with van der Waals surface area (Å²) in [5.41, 5.74) is 2.29. The van der Waals surface area contributed by atoms with Crippen LogP contribution in [0.5, 0.6) is 0 Å². The number of nitrogens with zero attached hydrogens (tertiary/aromatic N) is 2. The van der Waals surface area contributed by atoms with Gasteiger partial charge in [-0.3, -0.25) is 4.68 Å². The quantitative estimate of drug-likeness (QED) is 0.716. The van der Waals surface area contributed by atoms with Crippen LogP contribution in [0.1, 0.15) is 31.5 Å². The minimum Gasteiger partial charge on any atom is -0.393 e. The standard InChI is InChI=1S/C12H23N3O/c1-9(2)12(16)5-6-13-7-11-8-15(4)14-10(11)3/h8-9,12-13,16H,5-7H2,1-4H3. The van der Waals surface area contributed by atoms with Crippen LogP contribution in [0.15, 0.2) is 6.20 Å². The summed E-state index contributed by atoms with van der Waals surface area (Å²) in [6.07, 6.45) is 2.63. The fourth-order valence-electron chi connectivity index (χ4n) is 1.63. The van der Waals surface area contributed by atoms with Gasteiger partial charge in [0.25, 0.3) is 0 Å². The Morgan fingerprint density at radius 1 is 1.50 bits per heavy atom. The second kappa shape index (κ2) is 6.01. The van der Waals surface area contributed by atoms with Crippen molar-refractivity contribution in [1.29, 1.82) is 0 Å². The van der Waals surface area contributed by atoms with E-state index in [-0.39, 0.29) is 6.10 Å². The van der Waals surface area contributed by atoms with E-state index in [0.29, 0.717) is 5.92 Å². The molecule has 0 saturated carbocycles. The highest BCUT2D eigenvalue weighted by Gasteiger charge is 2.08. The first-order valence-electron chi connectivity index (χ1n) is 5.88. The van der Waals surface area contributed by atoms with Gasteiger partial charge in [0.15, 0.2) is 0 Å². The number of nitrogens with one attached hydrogen (secondary N) is 1. The van der Waals surface area contributed by atoms with Gasteiger partial charge in [-0.2, -0.15) is 5.10 Å². The molecule has 1 aromatic heterocycles. The molecule has 0 aromatic carbocycles.